The van der Waals surface area contributed by atoms with Crippen molar-refractivity contribution in [3.8, 4) is 78.6 Å². The molecule has 0 saturated carbocycles. The summed E-state index contributed by atoms with van der Waals surface area (Å²) < 4.78 is 23.7. The molecule has 0 unspecified atom stereocenters. The molecule has 0 amide bonds. The predicted molar refractivity (Wildman–Crippen MR) is 579 cm³/mol. The average molecular weight is 1770 g/mol. The number of hydrogen-bond acceptors (Lipinski definition) is 2. The van der Waals surface area contributed by atoms with Gasteiger partial charge in [0.1, 0.15) is 5.58 Å². The summed E-state index contributed by atoms with van der Waals surface area (Å²) in [6, 6.07) is 172. The molecule has 0 N–H and O–H groups in total. The molecule has 0 radical (unpaired) electrons. The minimum Gasteiger partial charge on any atom is -0.454 e. The molecule has 0 atom stereocenters. The van der Waals surface area contributed by atoms with Crippen LogP contribution in [0.15, 0.2) is 478 Å². The molecule has 21 aromatic carbocycles. The molecule has 7 nitrogen and oxygen atoms in total. The highest BCUT2D eigenvalue weighted by Crippen LogP contribution is 2.55. The van der Waals surface area contributed by atoms with Gasteiger partial charge in [-0.05, 0) is 238 Å². The van der Waals surface area contributed by atoms with Gasteiger partial charge in [-0.3, -0.25) is 0 Å². The number of nitrogens with zero attached hydrogens (tertiary/aromatic N) is 6. The summed E-state index contributed by atoms with van der Waals surface area (Å²) in [6.07, 6.45) is 0. The Bertz CT molecular complexity index is 9610. The lowest BCUT2D eigenvalue weighted by Crippen LogP contribution is -2.16. The number of rotatable bonds is 9. The van der Waals surface area contributed by atoms with E-state index in [-0.39, 0.29) is 5.41 Å². The normalized spacial score (nSPS) is 12.5. The van der Waals surface area contributed by atoms with Gasteiger partial charge in [-0.25, -0.2) is 0 Å². The van der Waals surface area contributed by atoms with Gasteiger partial charge in [0, 0.05) is 130 Å². The Morgan fingerprint density at radius 1 is 0.197 bits per heavy atom. The van der Waals surface area contributed by atoms with Crippen LogP contribution < -0.4 is 0 Å². The lowest BCUT2D eigenvalue weighted by molar-refractivity contribution is 0.664. The van der Waals surface area contributed by atoms with E-state index in [4.69, 9.17) is 4.42 Å². The highest BCUT2D eigenvalue weighted by Gasteiger charge is 2.39. The molecule has 8 heterocycles. The number of benzene rings is 21. The summed E-state index contributed by atoms with van der Waals surface area (Å²) in [4.78, 5) is 0. The molecule has 30 rings (SSSR count). The molecule has 1 aliphatic rings. The van der Waals surface area contributed by atoms with E-state index < -0.39 is 0 Å². The number of furan rings is 1. The molecular formula is C129H84N6OS. The molecule has 0 aliphatic heterocycles. The van der Waals surface area contributed by atoms with Gasteiger partial charge in [-0.1, -0.05) is 305 Å². The van der Waals surface area contributed by atoms with Crippen molar-refractivity contribution in [1.29, 1.82) is 0 Å². The molecule has 0 bridgehead atoms. The van der Waals surface area contributed by atoms with Gasteiger partial charge in [0.05, 0.1) is 70.9 Å². The van der Waals surface area contributed by atoms with Crippen LogP contribution in [0.4, 0.5) is 0 Å². The standard InChI is InChI=1S/C45H32N2.C42H26N2O.C42H26N2S/c1-45(2)39-25-21-29(30-22-26-42-38(28-30)34-18-10-11-19-40(34)46(42)31-13-5-3-6-14-31)27-37(39)35-23-24-36-33-17-9-12-20-41(33)47(44(36)43(35)45)32-15-7-4-8-16-32;2*1-3-11-29(12-4-1)43-37-17-9-8-16-32(37)35-25-27(19-23-39(35)43)28-20-24-40-36(26-28)34-22-21-33-31-15-7-10-18-38(31)44(41(33)42(34)45-40)30-13-5-2-6-14-30/h3-28H,1-2H3;2*1-26H. The van der Waals surface area contributed by atoms with E-state index in [1.807, 2.05) is 11.3 Å². The zero-order valence-corrected chi connectivity index (χ0v) is 75.8. The van der Waals surface area contributed by atoms with Crippen LogP contribution in [-0.4, -0.2) is 27.4 Å². The van der Waals surface area contributed by atoms with E-state index >= 15 is 0 Å². The van der Waals surface area contributed by atoms with E-state index in [1.54, 1.807) is 0 Å². The zero-order valence-electron chi connectivity index (χ0n) is 75.0. The second kappa shape index (κ2) is 30.8. The molecule has 642 valence electrons. The molecule has 8 heteroatoms. The fraction of sp³-hybridized carbons (Fsp3) is 0.0233. The molecule has 0 fully saturated rings. The minimum atomic E-state index is -0.156. The van der Waals surface area contributed by atoms with Crippen LogP contribution in [0.2, 0.25) is 0 Å². The summed E-state index contributed by atoms with van der Waals surface area (Å²) in [5.41, 5.74) is 36.2. The molecule has 29 aromatic rings. The Morgan fingerprint density at radius 3 is 0.920 bits per heavy atom. The highest BCUT2D eigenvalue weighted by atomic mass is 32.1. The van der Waals surface area contributed by atoms with Crippen molar-refractivity contribution in [3.63, 3.8) is 0 Å². The number of fused-ring (bicyclic) bond motifs is 30. The van der Waals surface area contributed by atoms with Gasteiger partial charge in [0.15, 0.2) is 5.58 Å². The quantitative estimate of drug-likeness (QED) is 0.142. The Labute approximate surface area is 792 Å². The monoisotopic (exact) mass is 1760 g/mol. The summed E-state index contributed by atoms with van der Waals surface area (Å²) in [5.74, 6) is 0. The third kappa shape index (κ3) is 12.0. The largest absolute Gasteiger partial charge is 0.454 e. The Hall–Kier alpha value is -17.6. The highest BCUT2D eigenvalue weighted by molar-refractivity contribution is 7.26. The van der Waals surface area contributed by atoms with Crippen molar-refractivity contribution in [3.05, 3.63) is 484 Å². The molecule has 8 aromatic heterocycles. The number of hydrogen-bond donors (Lipinski definition) is 0. The maximum absolute atomic E-state index is 6.70. The fourth-order valence-electron chi connectivity index (χ4n) is 23.0. The molecular weight excluding hydrogens is 1680 g/mol. The van der Waals surface area contributed by atoms with E-state index in [0.717, 1.165) is 33.1 Å². The topological polar surface area (TPSA) is 42.7 Å². The lowest BCUT2D eigenvalue weighted by Gasteiger charge is -2.24. The van der Waals surface area contributed by atoms with Crippen LogP contribution in [0.25, 0.3) is 252 Å². The van der Waals surface area contributed by atoms with E-state index in [2.05, 4.69) is 514 Å². The van der Waals surface area contributed by atoms with Gasteiger partial charge in [0.2, 0.25) is 0 Å². The van der Waals surface area contributed by atoms with Crippen molar-refractivity contribution in [2.24, 2.45) is 0 Å². The Balaban J connectivity index is 0.000000102. The van der Waals surface area contributed by atoms with Crippen molar-refractivity contribution in [2.75, 3.05) is 0 Å². The van der Waals surface area contributed by atoms with Crippen LogP contribution in [0.3, 0.4) is 0 Å². The van der Waals surface area contributed by atoms with Gasteiger partial charge in [-0.15, -0.1) is 11.3 Å². The second-order valence-electron chi connectivity index (χ2n) is 36.9. The molecule has 1 aliphatic carbocycles. The average Bonchev–Trinajstić information content (AvgIpc) is 1.54. The van der Waals surface area contributed by atoms with Crippen molar-refractivity contribution >= 4 is 184 Å². The predicted octanol–water partition coefficient (Wildman–Crippen LogP) is 35.2. The van der Waals surface area contributed by atoms with E-state index in [0.29, 0.717) is 0 Å². The second-order valence-corrected chi connectivity index (χ2v) is 37.9. The molecule has 0 spiro atoms. The van der Waals surface area contributed by atoms with Gasteiger partial charge in [-0.2, -0.15) is 0 Å². The van der Waals surface area contributed by atoms with Gasteiger partial charge in [0.25, 0.3) is 0 Å². The van der Waals surface area contributed by atoms with E-state index in [1.165, 1.54) is 230 Å². The molecule has 137 heavy (non-hydrogen) atoms. The van der Waals surface area contributed by atoms with E-state index in [9.17, 15) is 0 Å². The van der Waals surface area contributed by atoms with Crippen molar-refractivity contribution in [2.45, 2.75) is 19.3 Å². The maximum Gasteiger partial charge on any atom is 0.160 e. The van der Waals surface area contributed by atoms with Crippen LogP contribution in [0.1, 0.15) is 25.0 Å². The first kappa shape index (κ1) is 78.1. The Morgan fingerprint density at radius 2 is 0.489 bits per heavy atom. The fourth-order valence-corrected chi connectivity index (χ4v) is 24.2. The number of para-hydroxylation sites is 12. The van der Waals surface area contributed by atoms with Crippen LogP contribution in [-0.2, 0) is 5.41 Å². The Kier molecular flexibility index (Phi) is 17.5. The van der Waals surface area contributed by atoms with Gasteiger partial charge < -0.3 is 31.8 Å². The number of thiophene rings is 1. The maximum atomic E-state index is 6.70. The summed E-state index contributed by atoms with van der Waals surface area (Å²) >= 11 is 1.90. The smallest absolute Gasteiger partial charge is 0.160 e. The first-order chi connectivity index (χ1) is 67.8. The van der Waals surface area contributed by atoms with Gasteiger partial charge >= 0.3 is 0 Å². The first-order valence-corrected chi connectivity index (χ1v) is 48.0. The number of aromatic nitrogens is 6. The van der Waals surface area contributed by atoms with Crippen LogP contribution in [0.5, 0.6) is 0 Å². The third-order valence-corrected chi connectivity index (χ3v) is 30.3. The minimum absolute atomic E-state index is 0.156. The summed E-state index contributed by atoms with van der Waals surface area (Å²) in [5, 5.41) is 20.1. The first-order valence-electron chi connectivity index (χ1n) is 47.2. The van der Waals surface area contributed by atoms with Crippen LogP contribution in [0, 0.1) is 0 Å². The zero-order chi connectivity index (χ0) is 90.2. The van der Waals surface area contributed by atoms with Crippen LogP contribution >= 0.6 is 11.3 Å². The summed E-state index contributed by atoms with van der Waals surface area (Å²) in [6.45, 7) is 4.79. The third-order valence-electron chi connectivity index (χ3n) is 29.1. The summed E-state index contributed by atoms with van der Waals surface area (Å²) in [7, 11) is 0. The SMILES string of the molecule is CC1(C)c2ccc(-c3ccc4c(c3)c3ccccc3n4-c3ccccc3)cc2-c2ccc3c4ccccc4n(-c4ccccc4)c3c21.c1ccc(-n2c3ccccc3c3cc(-c4ccc5oc6c(ccc7c8ccccc8n(-c8ccccc8)c76)c5c4)ccc32)cc1.c1ccc(-n2c3ccccc3c3cc(-c4ccc5sc6c(ccc7c8ccccc8n(-c8ccccc8)c76)c5c4)ccc32)cc1. The molecule has 0 saturated heterocycles. The van der Waals surface area contributed by atoms with Crippen molar-refractivity contribution in [1.82, 2.24) is 27.4 Å². The lowest BCUT2D eigenvalue weighted by atomic mass is 9.81. The van der Waals surface area contributed by atoms with Crippen molar-refractivity contribution < 1.29 is 4.42 Å².